The lowest BCUT2D eigenvalue weighted by molar-refractivity contribution is 0.551. The minimum Gasteiger partial charge on any atom is -0.355 e. The fourth-order valence-electron chi connectivity index (χ4n) is 3.06. The van der Waals surface area contributed by atoms with Crippen molar-refractivity contribution in [3.05, 3.63) is 59.2 Å². The molecule has 0 bridgehead atoms. The van der Waals surface area contributed by atoms with Crippen LogP contribution < -0.4 is 5.32 Å². The number of benzene rings is 2. The Bertz CT molecular complexity index is 684. The molecule has 0 atom stereocenters. The Morgan fingerprint density at radius 2 is 1.04 bits per heavy atom. The van der Waals surface area contributed by atoms with Crippen LogP contribution in [-0.2, 0) is 16.2 Å². The van der Waals surface area contributed by atoms with Gasteiger partial charge in [-0.25, -0.2) is 0 Å². The van der Waals surface area contributed by atoms with E-state index in [9.17, 15) is 0 Å². The van der Waals surface area contributed by atoms with Gasteiger partial charge in [-0.15, -0.1) is 0 Å². The molecule has 0 fully saturated rings. The van der Waals surface area contributed by atoms with Crippen molar-refractivity contribution in [2.45, 2.75) is 78.6 Å². The maximum atomic E-state index is 3.73. The number of hydrogen-bond acceptors (Lipinski definition) is 1. The van der Waals surface area contributed by atoms with Gasteiger partial charge in [0.15, 0.2) is 0 Å². The van der Waals surface area contributed by atoms with Crippen molar-refractivity contribution in [2.24, 2.45) is 0 Å². The summed E-state index contributed by atoms with van der Waals surface area (Å²) in [7, 11) is 0. The summed E-state index contributed by atoms with van der Waals surface area (Å²) in [6.45, 7) is 20.7. The third-order valence-electron chi connectivity index (χ3n) is 4.66. The normalized spacial score (nSPS) is 13.0. The van der Waals surface area contributed by atoms with E-state index in [0.29, 0.717) is 0 Å². The van der Waals surface area contributed by atoms with Crippen LogP contribution in [0.2, 0.25) is 0 Å². The lowest BCUT2D eigenvalue weighted by Crippen LogP contribution is -2.23. The summed E-state index contributed by atoms with van der Waals surface area (Å²) >= 11 is 0. The second-order valence-corrected chi connectivity index (χ2v) is 10.2. The predicted molar refractivity (Wildman–Crippen MR) is 112 cm³/mol. The van der Waals surface area contributed by atoms with Gasteiger partial charge >= 0.3 is 0 Å². The Morgan fingerprint density at radius 1 is 0.600 bits per heavy atom. The zero-order valence-corrected chi connectivity index (χ0v) is 17.5. The summed E-state index contributed by atoms with van der Waals surface area (Å²) < 4.78 is 0. The first-order valence-electron chi connectivity index (χ1n) is 9.32. The van der Waals surface area contributed by atoms with Gasteiger partial charge in [-0.1, -0.05) is 92.6 Å². The number of hydrogen-bond donors (Lipinski definition) is 1. The molecular formula is C24H35N. The van der Waals surface area contributed by atoms with Gasteiger partial charge in [0.25, 0.3) is 0 Å². The molecule has 1 N–H and O–H groups in total. The van der Waals surface area contributed by atoms with E-state index in [0.717, 1.165) is 5.69 Å². The summed E-state index contributed by atoms with van der Waals surface area (Å²) in [5.41, 5.74) is 6.84. The second-order valence-electron chi connectivity index (χ2n) is 10.2. The van der Waals surface area contributed by atoms with Gasteiger partial charge in [-0.3, -0.25) is 0 Å². The molecule has 0 unspecified atom stereocenters. The first-order valence-corrected chi connectivity index (χ1v) is 9.32. The largest absolute Gasteiger partial charge is 0.355 e. The average Bonchev–Trinajstić information content (AvgIpc) is 2.45. The van der Waals surface area contributed by atoms with Crippen molar-refractivity contribution in [3.8, 4) is 0 Å². The maximum absolute atomic E-state index is 3.73. The standard InChI is InChI=1S/C24H35N/c1-22(2,3)17-15-19(23(4,5)6)21(20(16-17)24(7,8)9)25-18-13-11-10-12-14-18/h10-16,25H,1-9H3. The smallest absolute Gasteiger partial charge is 0.0460 e. The SMILES string of the molecule is CC(C)(C)c1cc(C(C)(C)C)c(Nc2ccccc2)c(C(C)(C)C)c1. The number of rotatable bonds is 2. The zero-order chi connectivity index (χ0) is 19.0. The van der Waals surface area contributed by atoms with Crippen molar-refractivity contribution < 1.29 is 0 Å². The molecule has 0 aliphatic carbocycles. The molecule has 1 nitrogen and oxygen atoms in total. The highest BCUT2D eigenvalue weighted by atomic mass is 14.9. The summed E-state index contributed by atoms with van der Waals surface area (Å²) in [6, 6.07) is 15.3. The van der Waals surface area contributed by atoms with Crippen LogP contribution in [0, 0.1) is 0 Å². The molecule has 0 amide bonds. The van der Waals surface area contributed by atoms with Crippen molar-refractivity contribution in [3.63, 3.8) is 0 Å². The molecule has 0 radical (unpaired) electrons. The van der Waals surface area contributed by atoms with Crippen molar-refractivity contribution >= 4 is 11.4 Å². The van der Waals surface area contributed by atoms with E-state index < -0.39 is 0 Å². The molecule has 136 valence electrons. The summed E-state index contributed by atoms with van der Waals surface area (Å²) in [5.74, 6) is 0. The predicted octanol–water partition coefficient (Wildman–Crippen LogP) is 7.32. The Kier molecular flexibility index (Phi) is 5.10. The van der Waals surface area contributed by atoms with Gasteiger partial charge in [0.05, 0.1) is 0 Å². The van der Waals surface area contributed by atoms with Crippen LogP contribution in [0.1, 0.15) is 79.0 Å². The third kappa shape index (κ3) is 4.66. The number of para-hydroxylation sites is 1. The van der Waals surface area contributed by atoms with Gasteiger partial charge in [0.2, 0.25) is 0 Å². The van der Waals surface area contributed by atoms with E-state index in [-0.39, 0.29) is 16.2 Å². The molecule has 1 heteroatoms. The fraction of sp³-hybridized carbons (Fsp3) is 0.500. The molecule has 0 spiro atoms. The van der Waals surface area contributed by atoms with Gasteiger partial charge in [-0.2, -0.15) is 0 Å². The van der Waals surface area contributed by atoms with Crippen LogP contribution in [0.3, 0.4) is 0 Å². The molecule has 2 aromatic carbocycles. The maximum Gasteiger partial charge on any atom is 0.0460 e. The number of nitrogens with one attached hydrogen (secondary N) is 1. The minimum absolute atomic E-state index is 0.0678. The molecule has 0 heterocycles. The topological polar surface area (TPSA) is 12.0 Å². The molecular weight excluding hydrogens is 302 g/mol. The highest BCUT2D eigenvalue weighted by molar-refractivity contribution is 5.71. The van der Waals surface area contributed by atoms with E-state index in [1.165, 1.54) is 22.4 Å². The summed E-state index contributed by atoms with van der Waals surface area (Å²) in [6.07, 6.45) is 0. The molecule has 25 heavy (non-hydrogen) atoms. The van der Waals surface area contributed by atoms with E-state index in [4.69, 9.17) is 0 Å². The Labute approximate surface area is 154 Å². The first-order chi connectivity index (χ1) is 11.3. The lowest BCUT2D eigenvalue weighted by Gasteiger charge is -2.34. The molecule has 0 aliphatic heterocycles. The van der Waals surface area contributed by atoms with Crippen molar-refractivity contribution in [1.29, 1.82) is 0 Å². The van der Waals surface area contributed by atoms with Gasteiger partial charge < -0.3 is 5.32 Å². The number of anilines is 2. The average molecular weight is 338 g/mol. The van der Waals surface area contributed by atoms with Gasteiger partial charge in [-0.05, 0) is 45.1 Å². The van der Waals surface area contributed by atoms with Gasteiger partial charge in [0, 0.05) is 11.4 Å². The van der Waals surface area contributed by atoms with E-state index >= 15 is 0 Å². The van der Waals surface area contributed by atoms with E-state index in [1.54, 1.807) is 0 Å². The minimum atomic E-state index is 0.0678. The van der Waals surface area contributed by atoms with Crippen LogP contribution in [0.25, 0.3) is 0 Å². The molecule has 2 aromatic rings. The zero-order valence-electron chi connectivity index (χ0n) is 17.5. The molecule has 0 saturated heterocycles. The Balaban J connectivity index is 2.77. The quantitative estimate of drug-likeness (QED) is 0.605. The second kappa shape index (κ2) is 6.52. The van der Waals surface area contributed by atoms with Crippen LogP contribution >= 0.6 is 0 Å². The Hall–Kier alpha value is -1.76. The Morgan fingerprint density at radius 3 is 1.40 bits per heavy atom. The molecule has 0 aliphatic rings. The van der Waals surface area contributed by atoms with Crippen LogP contribution in [-0.4, -0.2) is 0 Å². The third-order valence-corrected chi connectivity index (χ3v) is 4.66. The molecule has 0 saturated carbocycles. The highest BCUT2D eigenvalue weighted by Crippen LogP contribution is 2.42. The van der Waals surface area contributed by atoms with Crippen LogP contribution in [0.15, 0.2) is 42.5 Å². The monoisotopic (exact) mass is 337 g/mol. The lowest BCUT2D eigenvalue weighted by atomic mass is 9.74. The van der Waals surface area contributed by atoms with E-state index in [2.05, 4.69) is 110 Å². The summed E-state index contributed by atoms with van der Waals surface area (Å²) in [5, 5.41) is 3.73. The van der Waals surface area contributed by atoms with Crippen LogP contribution in [0.5, 0.6) is 0 Å². The van der Waals surface area contributed by atoms with Crippen molar-refractivity contribution in [2.75, 3.05) is 5.32 Å². The fourth-order valence-corrected chi connectivity index (χ4v) is 3.06. The molecule has 0 aromatic heterocycles. The highest BCUT2D eigenvalue weighted by Gasteiger charge is 2.29. The van der Waals surface area contributed by atoms with E-state index in [1.807, 2.05) is 0 Å². The first kappa shape index (κ1) is 19.6. The van der Waals surface area contributed by atoms with Crippen LogP contribution in [0.4, 0.5) is 11.4 Å². The van der Waals surface area contributed by atoms with Gasteiger partial charge in [0.1, 0.15) is 0 Å². The molecule has 2 rings (SSSR count). The van der Waals surface area contributed by atoms with Crippen molar-refractivity contribution in [1.82, 2.24) is 0 Å². The summed E-state index contributed by atoms with van der Waals surface area (Å²) in [4.78, 5) is 0.